The normalized spacial score (nSPS) is 23.3. The first-order valence-corrected chi connectivity index (χ1v) is 3.46. The van der Waals surface area contributed by atoms with Gasteiger partial charge in [0.05, 0.1) is 0 Å². The predicted octanol–water partition coefficient (Wildman–Crippen LogP) is 0.925. The Labute approximate surface area is 68.8 Å². The van der Waals surface area contributed by atoms with E-state index in [0.717, 1.165) is 0 Å². The van der Waals surface area contributed by atoms with Crippen LogP contribution < -0.4 is 0 Å². The van der Waals surface area contributed by atoms with E-state index in [0.29, 0.717) is 5.71 Å². The van der Waals surface area contributed by atoms with Gasteiger partial charge >= 0.3 is 0 Å². The van der Waals surface area contributed by atoms with Gasteiger partial charge in [0, 0.05) is 5.71 Å². The van der Waals surface area contributed by atoms with Crippen molar-refractivity contribution in [3.63, 3.8) is 0 Å². The third-order valence-corrected chi connectivity index (χ3v) is 1.56. The molecule has 0 aromatic heterocycles. The Kier molecular flexibility index (Phi) is 2.19. The lowest BCUT2D eigenvalue weighted by Gasteiger charge is -2.06. The van der Waals surface area contributed by atoms with Crippen molar-refractivity contribution in [1.82, 2.24) is 0 Å². The van der Waals surface area contributed by atoms with Crippen molar-refractivity contribution in [2.75, 3.05) is 0 Å². The largest absolute Gasteiger partial charge is 0.280 e. The Hall–Kier alpha value is -0.960. The zero-order chi connectivity index (χ0) is 8.43. The van der Waals surface area contributed by atoms with E-state index in [2.05, 4.69) is 4.99 Å². The first-order valence-electron chi connectivity index (χ1n) is 3.08. The summed E-state index contributed by atoms with van der Waals surface area (Å²) in [5, 5.41) is -0.678. The molecule has 1 aliphatic rings. The van der Waals surface area contributed by atoms with E-state index in [1.807, 2.05) is 0 Å². The highest BCUT2D eigenvalue weighted by Crippen LogP contribution is 2.11. The van der Waals surface area contributed by atoms with Crippen LogP contribution in [-0.4, -0.2) is 16.9 Å². The second kappa shape index (κ2) is 2.96. The molecule has 0 fully saturated rings. The quantitative estimate of drug-likeness (QED) is 0.435. The molecule has 0 aliphatic carbocycles. The third-order valence-electron chi connectivity index (χ3n) is 1.33. The Morgan fingerprint density at radius 1 is 1.73 bits per heavy atom. The average molecular weight is 172 g/mol. The number of halogens is 1. The Bertz CT molecular complexity index is 268. The summed E-state index contributed by atoms with van der Waals surface area (Å²) < 4.78 is 0. The number of hydrogen-bond acceptors (Lipinski definition) is 2. The SMILES string of the molecule is CC1=NC(=O)C(C(=O)Cl)C=C1. The second-order valence-electron chi connectivity index (χ2n) is 2.23. The highest BCUT2D eigenvalue weighted by atomic mass is 35.5. The summed E-state index contributed by atoms with van der Waals surface area (Å²) in [6, 6.07) is 0. The molecule has 1 aliphatic heterocycles. The molecule has 0 N–H and O–H groups in total. The Morgan fingerprint density at radius 2 is 2.36 bits per heavy atom. The summed E-state index contributed by atoms with van der Waals surface area (Å²) >= 11 is 5.12. The van der Waals surface area contributed by atoms with Gasteiger partial charge in [-0.05, 0) is 24.6 Å². The number of allylic oxidation sites excluding steroid dienone is 1. The molecular weight excluding hydrogens is 166 g/mol. The monoisotopic (exact) mass is 171 g/mol. The van der Waals surface area contributed by atoms with Crippen LogP contribution in [0.1, 0.15) is 6.92 Å². The van der Waals surface area contributed by atoms with Crippen LogP contribution >= 0.6 is 11.6 Å². The number of rotatable bonds is 1. The zero-order valence-corrected chi connectivity index (χ0v) is 6.63. The number of hydrogen-bond donors (Lipinski definition) is 0. The topological polar surface area (TPSA) is 46.5 Å². The molecule has 1 atom stereocenters. The maximum absolute atomic E-state index is 10.9. The average Bonchev–Trinajstić information content (AvgIpc) is 1.85. The number of aliphatic imine (C=N–C) groups is 1. The van der Waals surface area contributed by atoms with Crippen LogP contribution in [0.15, 0.2) is 17.1 Å². The van der Waals surface area contributed by atoms with Gasteiger partial charge in [-0.2, -0.15) is 0 Å². The van der Waals surface area contributed by atoms with Crippen LogP contribution in [0.3, 0.4) is 0 Å². The van der Waals surface area contributed by atoms with Crippen molar-refractivity contribution in [2.24, 2.45) is 10.9 Å². The molecule has 0 spiro atoms. The molecule has 1 unspecified atom stereocenters. The van der Waals surface area contributed by atoms with Crippen molar-refractivity contribution in [3.8, 4) is 0 Å². The van der Waals surface area contributed by atoms with Crippen LogP contribution in [0.2, 0.25) is 0 Å². The van der Waals surface area contributed by atoms with Crippen molar-refractivity contribution < 1.29 is 9.59 Å². The molecule has 4 heteroatoms. The van der Waals surface area contributed by atoms with E-state index in [-0.39, 0.29) is 0 Å². The molecule has 0 aromatic carbocycles. The van der Waals surface area contributed by atoms with Crippen molar-refractivity contribution in [2.45, 2.75) is 6.92 Å². The first-order chi connectivity index (χ1) is 5.11. The summed E-state index contributed by atoms with van der Waals surface area (Å²) in [7, 11) is 0. The fraction of sp³-hybridized carbons (Fsp3) is 0.286. The standard InChI is InChI=1S/C7H6ClNO2/c1-4-2-3-5(6(8)10)7(11)9-4/h2-3,5H,1H3. The molecule has 58 valence electrons. The minimum Gasteiger partial charge on any atom is -0.280 e. The molecular formula is C7H6ClNO2. The van der Waals surface area contributed by atoms with Crippen LogP contribution in [0.25, 0.3) is 0 Å². The smallest absolute Gasteiger partial charge is 0.261 e. The molecule has 0 saturated heterocycles. The molecule has 0 aromatic rings. The summed E-state index contributed by atoms with van der Waals surface area (Å²) in [6.45, 7) is 1.68. The predicted molar refractivity (Wildman–Crippen MR) is 41.6 cm³/mol. The van der Waals surface area contributed by atoms with Gasteiger partial charge in [-0.1, -0.05) is 6.08 Å². The van der Waals surface area contributed by atoms with Gasteiger partial charge in [0.2, 0.25) is 5.24 Å². The van der Waals surface area contributed by atoms with Gasteiger partial charge in [0.1, 0.15) is 5.92 Å². The van der Waals surface area contributed by atoms with E-state index in [1.165, 1.54) is 6.08 Å². The Balaban J connectivity index is 2.86. The van der Waals surface area contributed by atoms with Crippen LogP contribution in [0, 0.1) is 5.92 Å². The summed E-state index contributed by atoms with van der Waals surface area (Å²) in [6.07, 6.45) is 3.06. The van der Waals surface area contributed by atoms with Gasteiger partial charge in [-0.15, -0.1) is 0 Å². The third kappa shape index (κ3) is 1.74. The van der Waals surface area contributed by atoms with Gasteiger partial charge in [-0.25, -0.2) is 4.99 Å². The molecule has 0 radical (unpaired) electrons. The minimum absolute atomic E-state index is 0.481. The maximum atomic E-state index is 10.9. The van der Waals surface area contributed by atoms with E-state index in [4.69, 9.17) is 11.6 Å². The van der Waals surface area contributed by atoms with Crippen LogP contribution in [-0.2, 0) is 9.59 Å². The summed E-state index contributed by atoms with van der Waals surface area (Å²) in [5.41, 5.74) is 0.601. The second-order valence-corrected chi connectivity index (χ2v) is 2.60. The first kappa shape index (κ1) is 8.14. The molecule has 3 nitrogen and oxygen atoms in total. The number of carbonyl (C=O) groups excluding carboxylic acids is 2. The molecule has 1 rings (SSSR count). The highest BCUT2D eigenvalue weighted by Gasteiger charge is 2.23. The summed E-state index contributed by atoms with van der Waals surface area (Å²) in [4.78, 5) is 25.0. The number of amides is 1. The lowest BCUT2D eigenvalue weighted by Crippen LogP contribution is -2.20. The van der Waals surface area contributed by atoms with Crippen LogP contribution in [0.5, 0.6) is 0 Å². The van der Waals surface area contributed by atoms with Crippen molar-refractivity contribution in [1.29, 1.82) is 0 Å². The van der Waals surface area contributed by atoms with E-state index >= 15 is 0 Å². The molecule has 0 bridgehead atoms. The molecule has 0 saturated carbocycles. The van der Waals surface area contributed by atoms with Gasteiger partial charge in [0.15, 0.2) is 0 Å². The fourth-order valence-electron chi connectivity index (χ4n) is 0.771. The molecule has 1 heterocycles. The Morgan fingerprint density at radius 3 is 2.82 bits per heavy atom. The molecule has 11 heavy (non-hydrogen) atoms. The number of carbonyl (C=O) groups is 2. The van der Waals surface area contributed by atoms with Gasteiger partial charge < -0.3 is 0 Å². The fourth-order valence-corrected chi connectivity index (χ4v) is 0.937. The van der Waals surface area contributed by atoms with E-state index in [9.17, 15) is 9.59 Å². The number of nitrogens with zero attached hydrogens (tertiary/aromatic N) is 1. The van der Waals surface area contributed by atoms with Crippen LogP contribution in [0.4, 0.5) is 0 Å². The number of dihydropyridines is 1. The minimum atomic E-state index is -0.875. The van der Waals surface area contributed by atoms with Crippen molar-refractivity contribution >= 4 is 28.5 Å². The van der Waals surface area contributed by atoms with Gasteiger partial charge in [-0.3, -0.25) is 9.59 Å². The summed E-state index contributed by atoms with van der Waals surface area (Å²) in [5.74, 6) is -1.36. The van der Waals surface area contributed by atoms with E-state index in [1.54, 1.807) is 13.0 Å². The lowest BCUT2D eigenvalue weighted by molar-refractivity contribution is -0.126. The molecule has 1 amide bonds. The maximum Gasteiger partial charge on any atom is 0.261 e. The zero-order valence-electron chi connectivity index (χ0n) is 5.87. The lowest BCUT2D eigenvalue weighted by atomic mass is 10.1. The van der Waals surface area contributed by atoms with Crippen molar-refractivity contribution in [3.05, 3.63) is 12.2 Å². The van der Waals surface area contributed by atoms with Gasteiger partial charge in [0.25, 0.3) is 5.91 Å². The van der Waals surface area contributed by atoms with E-state index < -0.39 is 17.1 Å². The highest BCUT2D eigenvalue weighted by molar-refractivity contribution is 6.66.